The molecule has 0 aliphatic rings. The Labute approximate surface area is 122 Å². The number of aromatic nitrogens is 4. The first-order valence-electron chi connectivity index (χ1n) is 6.40. The van der Waals surface area contributed by atoms with Gasteiger partial charge < -0.3 is 5.32 Å². The van der Waals surface area contributed by atoms with Crippen LogP contribution in [0, 0.1) is 6.92 Å². The fourth-order valence-corrected chi connectivity index (χ4v) is 2.01. The van der Waals surface area contributed by atoms with Gasteiger partial charge in [0.1, 0.15) is 5.54 Å². The predicted octanol–water partition coefficient (Wildman–Crippen LogP) is 2.44. The Balaban J connectivity index is 2.20. The quantitative estimate of drug-likeness (QED) is 0.942. The van der Waals surface area contributed by atoms with E-state index in [-0.39, 0.29) is 5.91 Å². The molecule has 0 fully saturated rings. The zero-order valence-corrected chi connectivity index (χ0v) is 12.8. The maximum atomic E-state index is 12.4. The average Bonchev–Trinajstić information content (AvgIpc) is 2.97. The topological polar surface area (TPSA) is 64.7 Å². The van der Waals surface area contributed by atoms with Crippen molar-refractivity contribution in [1.82, 2.24) is 19.6 Å². The van der Waals surface area contributed by atoms with Crippen molar-refractivity contribution in [2.45, 2.75) is 39.8 Å². The van der Waals surface area contributed by atoms with E-state index in [1.54, 1.807) is 30.9 Å². The van der Waals surface area contributed by atoms with Crippen LogP contribution >= 0.6 is 11.6 Å². The summed E-state index contributed by atoms with van der Waals surface area (Å²) in [6.45, 7) is 8.25. The van der Waals surface area contributed by atoms with Crippen molar-refractivity contribution in [3.05, 3.63) is 29.3 Å². The second kappa shape index (κ2) is 5.28. The normalized spacial score (nSPS) is 11.7. The Morgan fingerprint density at radius 3 is 2.60 bits per heavy atom. The number of amides is 1. The number of rotatable bonds is 4. The Morgan fingerprint density at radius 2 is 2.10 bits per heavy atom. The third-order valence-electron chi connectivity index (χ3n) is 3.33. The van der Waals surface area contributed by atoms with E-state index < -0.39 is 5.54 Å². The zero-order valence-electron chi connectivity index (χ0n) is 12.0. The number of anilines is 1. The van der Waals surface area contributed by atoms with Crippen molar-refractivity contribution in [1.29, 1.82) is 0 Å². The lowest BCUT2D eigenvalue weighted by molar-refractivity contribution is -0.123. The molecule has 0 spiro atoms. The number of nitrogens with zero attached hydrogens (tertiary/aromatic N) is 4. The standard InChI is InChI=1S/C13H18ClN5O/c1-5-18-9(2)11(7-15-18)17-12(20)13(3,4)19-8-10(14)6-16-19/h6-8H,5H2,1-4H3,(H,17,20). The van der Waals surface area contributed by atoms with Crippen LogP contribution in [0.4, 0.5) is 5.69 Å². The Hall–Kier alpha value is -1.82. The Kier molecular flexibility index (Phi) is 3.85. The number of carbonyl (C=O) groups excluding carboxylic acids is 1. The lowest BCUT2D eigenvalue weighted by Crippen LogP contribution is -2.40. The van der Waals surface area contributed by atoms with Gasteiger partial charge in [-0.2, -0.15) is 10.2 Å². The highest BCUT2D eigenvalue weighted by atomic mass is 35.5. The molecule has 0 aliphatic heterocycles. The van der Waals surface area contributed by atoms with Crippen molar-refractivity contribution in [2.24, 2.45) is 0 Å². The molecule has 2 aromatic rings. The van der Waals surface area contributed by atoms with Gasteiger partial charge in [0.05, 0.1) is 28.8 Å². The molecule has 0 unspecified atom stereocenters. The van der Waals surface area contributed by atoms with Crippen LogP contribution in [-0.4, -0.2) is 25.5 Å². The van der Waals surface area contributed by atoms with E-state index >= 15 is 0 Å². The minimum atomic E-state index is -0.839. The average molecular weight is 296 g/mol. The molecule has 2 aromatic heterocycles. The van der Waals surface area contributed by atoms with Crippen molar-refractivity contribution in [2.75, 3.05) is 5.32 Å². The number of halogens is 1. The van der Waals surface area contributed by atoms with Crippen molar-refractivity contribution >= 4 is 23.2 Å². The number of hydrogen-bond donors (Lipinski definition) is 1. The van der Waals surface area contributed by atoms with Crippen LogP contribution in [0.25, 0.3) is 0 Å². The number of nitrogens with one attached hydrogen (secondary N) is 1. The second-order valence-corrected chi connectivity index (χ2v) is 5.51. The summed E-state index contributed by atoms with van der Waals surface area (Å²) in [6, 6.07) is 0. The summed E-state index contributed by atoms with van der Waals surface area (Å²) in [7, 11) is 0. The van der Waals surface area contributed by atoms with E-state index in [0.29, 0.717) is 10.7 Å². The smallest absolute Gasteiger partial charge is 0.251 e. The first-order chi connectivity index (χ1) is 9.36. The van der Waals surface area contributed by atoms with Gasteiger partial charge in [-0.15, -0.1) is 0 Å². The highest BCUT2D eigenvalue weighted by Crippen LogP contribution is 2.21. The molecule has 0 saturated carbocycles. The van der Waals surface area contributed by atoms with Gasteiger partial charge in [0.2, 0.25) is 0 Å². The molecule has 1 N–H and O–H groups in total. The summed E-state index contributed by atoms with van der Waals surface area (Å²) in [5, 5.41) is 11.7. The van der Waals surface area contributed by atoms with Crippen LogP contribution in [0.1, 0.15) is 26.5 Å². The molecular weight excluding hydrogens is 278 g/mol. The maximum Gasteiger partial charge on any atom is 0.251 e. The van der Waals surface area contributed by atoms with Gasteiger partial charge in [-0.3, -0.25) is 14.2 Å². The molecule has 0 aliphatic carbocycles. The van der Waals surface area contributed by atoms with Gasteiger partial charge in [-0.05, 0) is 27.7 Å². The van der Waals surface area contributed by atoms with Crippen molar-refractivity contribution in [3.63, 3.8) is 0 Å². The molecule has 6 nitrogen and oxygen atoms in total. The fourth-order valence-electron chi connectivity index (χ4n) is 1.87. The van der Waals surface area contributed by atoms with Gasteiger partial charge in [0.15, 0.2) is 0 Å². The molecule has 0 saturated heterocycles. The molecule has 1 amide bonds. The first kappa shape index (κ1) is 14.6. The molecule has 2 heterocycles. The molecule has 0 radical (unpaired) electrons. The highest BCUT2D eigenvalue weighted by Gasteiger charge is 2.31. The van der Waals surface area contributed by atoms with Crippen molar-refractivity contribution in [3.8, 4) is 0 Å². The molecule has 7 heteroatoms. The lowest BCUT2D eigenvalue weighted by atomic mass is 10.1. The van der Waals surface area contributed by atoms with Gasteiger partial charge in [0, 0.05) is 12.7 Å². The fraction of sp³-hybridized carbons (Fsp3) is 0.462. The number of carbonyl (C=O) groups is 1. The van der Waals surface area contributed by atoms with Crippen LogP contribution < -0.4 is 5.32 Å². The SMILES string of the molecule is CCn1ncc(NC(=O)C(C)(C)n2cc(Cl)cn2)c1C. The third-order valence-corrected chi connectivity index (χ3v) is 3.53. The molecule has 0 atom stereocenters. The Morgan fingerprint density at radius 1 is 1.40 bits per heavy atom. The van der Waals surface area contributed by atoms with E-state index in [1.165, 1.54) is 6.20 Å². The summed E-state index contributed by atoms with van der Waals surface area (Å²) in [5.74, 6) is -0.170. The van der Waals surface area contributed by atoms with Crippen LogP contribution in [-0.2, 0) is 16.9 Å². The van der Waals surface area contributed by atoms with Crippen LogP contribution in [0.15, 0.2) is 18.6 Å². The summed E-state index contributed by atoms with van der Waals surface area (Å²) in [4.78, 5) is 12.4. The van der Waals surface area contributed by atoms with E-state index in [4.69, 9.17) is 11.6 Å². The van der Waals surface area contributed by atoms with E-state index in [0.717, 1.165) is 12.2 Å². The number of hydrogen-bond acceptors (Lipinski definition) is 3. The summed E-state index contributed by atoms with van der Waals surface area (Å²) in [5.41, 5.74) is 0.798. The minimum Gasteiger partial charge on any atom is -0.321 e. The van der Waals surface area contributed by atoms with Crippen molar-refractivity contribution < 1.29 is 4.79 Å². The zero-order chi connectivity index (χ0) is 14.9. The summed E-state index contributed by atoms with van der Waals surface area (Å²) >= 11 is 5.85. The molecule has 0 bridgehead atoms. The van der Waals surface area contributed by atoms with Gasteiger partial charge in [0.25, 0.3) is 5.91 Å². The molecule has 20 heavy (non-hydrogen) atoms. The van der Waals surface area contributed by atoms with E-state index in [2.05, 4.69) is 15.5 Å². The third kappa shape index (κ3) is 2.56. The monoisotopic (exact) mass is 295 g/mol. The summed E-state index contributed by atoms with van der Waals surface area (Å²) < 4.78 is 3.37. The van der Waals surface area contributed by atoms with Crippen LogP contribution in [0.3, 0.4) is 0 Å². The van der Waals surface area contributed by atoms with E-state index in [1.807, 2.05) is 18.5 Å². The minimum absolute atomic E-state index is 0.170. The molecule has 108 valence electrons. The molecular formula is C13H18ClN5O. The van der Waals surface area contributed by atoms with Gasteiger partial charge in [-0.25, -0.2) is 0 Å². The van der Waals surface area contributed by atoms with Gasteiger partial charge >= 0.3 is 0 Å². The number of aryl methyl sites for hydroxylation is 1. The largest absolute Gasteiger partial charge is 0.321 e. The Bertz CT molecular complexity index is 628. The van der Waals surface area contributed by atoms with Crippen LogP contribution in [0.5, 0.6) is 0 Å². The summed E-state index contributed by atoms with van der Waals surface area (Å²) in [6.07, 6.45) is 4.79. The first-order valence-corrected chi connectivity index (χ1v) is 6.78. The van der Waals surface area contributed by atoms with Gasteiger partial charge in [-0.1, -0.05) is 11.6 Å². The predicted molar refractivity (Wildman–Crippen MR) is 77.8 cm³/mol. The van der Waals surface area contributed by atoms with Crippen LogP contribution in [0.2, 0.25) is 5.02 Å². The van der Waals surface area contributed by atoms with E-state index in [9.17, 15) is 4.79 Å². The lowest BCUT2D eigenvalue weighted by Gasteiger charge is -2.24. The molecule has 0 aromatic carbocycles. The highest BCUT2D eigenvalue weighted by molar-refractivity contribution is 6.30. The second-order valence-electron chi connectivity index (χ2n) is 5.08. The molecule has 2 rings (SSSR count). The maximum absolute atomic E-state index is 12.4.